The van der Waals surface area contributed by atoms with E-state index in [-0.39, 0.29) is 0 Å². The second kappa shape index (κ2) is 4.14. The highest BCUT2D eigenvalue weighted by atomic mass is 14.5. The van der Waals surface area contributed by atoms with Crippen LogP contribution in [0.25, 0.3) is 0 Å². The summed E-state index contributed by atoms with van der Waals surface area (Å²) in [6.45, 7) is 7.54. The van der Waals surface area contributed by atoms with E-state index >= 15 is 0 Å². The molecule has 96 valence electrons. The minimum atomic E-state index is 0.584. The Morgan fingerprint density at radius 2 is 2.00 bits per heavy atom. The van der Waals surface area contributed by atoms with E-state index in [1.54, 1.807) is 0 Å². The van der Waals surface area contributed by atoms with Gasteiger partial charge in [0.1, 0.15) is 0 Å². The smallest absolute Gasteiger partial charge is 0.00828 e. The van der Waals surface area contributed by atoms with Crippen molar-refractivity contribution in [2.75, 3.05) is 0 Å². The molecule has 0 heterocycles. The van der Waals surface area contributed by atoms with Crippen molar-refractivity contribution in [1.82, 2.24) is 0 Å². The Bertz CT molecular complexity index is 327. The normalized spacial score (nSPS) is 50.2. The SMILES string of the molecule is CC1CC=C2C(CCC3[C@H](C)CCC[C@@]23C)C1. The van der Waals surface area contributed by atoms with Gasteiger partial charge in [-0.15, -0.1) is 0 Å². The highest BCUT2D eigenvalue weighted by molar-refractivity contribution is 5.24. The summed E-state index contributed by atoms with van der Waals surface area (Å²) in [6, 6.07) is 0. The van der Waals surface area contributed by atoms with E-state index in [0.717, 1.165) is 23.7 Å². The molecule has 3 unspecified atom stereocenters. The Labute approximate surface area is 107 Å². The van der Waals surface area contributed by atoms with Crippen molar-refractivity contribution < 1.29 is 0 Å². The Morgan fingerprint density at radius 1 is 1.18 bits per heavy atom. The summed E-state index contributed by atoms with van der Waals surface area (Å²) in [5, 5.41) is 0. The number of rotatable bonds is 0. The lowest BCUT2D eigenvalue weighted by Crippen LogP contribution is -2.44. The molecule has 0 saturated heterocycles. The topological polar surface area (TPSA) is 0 Å². The number of hydrogen-bond acceptors (Lipinski definition) is 0. The first-order chi connectivity index (χ1) is 8.11. The van der Waals surface area contributed by atoms with Crippen LogP contribution in [0.2, 0.25) is 0 Å². The van der Waals surface area contributed by atoms with E-state index in [1.807, 2.05) is 5.57 Å². The zero-order valence-electron chi connectivity index (χ0n) is 11.8. The largest absolute Gasteiger partial charge is 0.0842 e. The van der Waals surface area contributed by atoms with E-state index in [0.29, 0.717) is 5.41 Å². The average molecular weight is 232 g/mol. The van der Waals surface area contributed by atoms with Crippen molar-refractivity contribution in [3.05, 3.63) is 11.6 Å². The summed E-state index contributed by atoms with van der Waals surface area (Å²) >= 11 is 0. The van der Waals surface area contributed by atoms with E-state index in [4.69, 9.17) is 0 Å². The van der Waals surface area contributed by atoms with Gasteiger partial charge in [0.15, 0.2) is 0 Å². The molecule has 0 aliphatic heterocycles. The second-order valence-corrected chi connectivity index (χ2v) is 7.40. The Balaban J connectivity index is 1.93. The van der Waals surface area contributed by atoms with Gasteiger partial charge in [0, 0.05) is 0 Å². The second-order valence-electron chi connectivity index (χ2n) is 7.40. The standard InChI is InChI=1S/C17H28/c1-12-6-8-16-14(11-12)7-9-15-13(2)5-4-10-17(15,16)3/h8,12-15H,4-7,9-11H2,1-3H3/t12?,13-,14?,15?,17-/m1/s1. The fourth-order valence-electron chi connectivity index (χ4n) is 5.32. The average Bonchev–Trinajstić information content (AvgIpc) is 2.28. The van der Waals surface area contributed by atoms with Gasteiger partial charge in [-0.3, -0.25) is 0 Å². The van der Waals surface area contributed by atoms with E-state index < -0.39 is 0 Å². The van der Waals surface area contributed by atoms with E-state index in [2.05, 4.69) is 26.8 Å². The highest BCUT2D eigenvalue weighted by Gasteiger charge is 2.48. The molecule has 0 radical (unpaired) electrons. The zero-order chi connectivity index (χ0) is 12.0. The minimum absolute atomic E-state index is 0.584. The monoisotopic (exact) mass is 232 g/mol. The van der Waals surface area contributed by atoms with Gasteiger partial charge in [-0.1, -0.05) is 45.3 Å². The molecule has 3 aliphatic carbocycles. The van der Waals surface area contributed by atoms with Gasteiger partial charge in [0.2, 0.25) is 0 Å². The van der Waals surface area contributed by atoms with Crippen LogP contribution in [0.5, 0.6) is 0 Å². The van der Waals surface area contributed by atoms with Crippen molar-refractivity contribution in [1.29, 1.82) is 0 Å². The molecule has 0 aromatic rings. The summed E-state index contributed by atoms with van der Waals surface area (Å²) < 4.78 is 0. The van der Waals surface area contributed by atoms with Crippen LogP contribution in [0, 0.1) is 29.1 Å². The van der Waals surface area contributed by atoms with Gasteiger partial charge in [0.25, 0.3) is 0 Å². The van der Waals surface area contributed by atoms with Crippen molar-refractivity contribution in [2.45, 2.75) is 65.7 Å². The third-order valence-corrected chi connectivity index (χ3v) is 6.21. The van der Waals surface area contributed by atoms with Crippen LogP contribution in [-0.4, -0.2) is 0 Å². The molecule has 0 bridgehead atoms. The van der Waals surface area contributed by atoms with Crippen molar-refractivity contribution in [2.24, 2.45) is 29.1 Å². The summed E-state index contributed by atoms with van der Waals surface area (Å²) in [6.07, 6.45) is 12.9. The van der Waals surface area contributed by atoms with Crippen LogP contribution in [-0.2, 0) is 0 Å². The Hall–Kier alpha value is -0.260. The first-order valence-corrected chi connectivity index (χ1v) is 7.82. The summed E-state index contributed by atoms with van der Waals surface area (Å²) in [4.78, 5) is 0. The van der Waals surface area contributed by atoms with E-state index in [1.165, 1.54) is 44.9 Å². The van der Waals surface area contributed by atoms with Crippen LogP contribution >= 0.6 is 0 Å². The maximum absolute atomic E-state index is 2.66. The lowest BCUT2D eigenvalue weighted by atomic mass is 9.51. The fraction of sp³-hybridized carbons (Fsp3) is 0.882. The molecule has 2 saturated carbocycles. The molecule has 0 aromatic heterocycles. The number of hydrogen-bond donors (Lipinski definition) is 0. The van der Waals surface area contributed by atoms with Gasteiger partial charge in [-0.05, 0) is 61.2 Å². The highest BCUT2D eigenvalue weighted by Crippen LogP contribution is 2.58. The zero-order valence-corrected chi connectivity index (χ0v) is 11.8. The first-order valence-electron chi connectivity index (χ1n) is 7.82. The molecule has 0 N–H and O–H groups in total. The molecule has 2 fully saturated rings. The summed E-state index contributed by atoms with van der Waals surface area (Å²) in [5.74, 6) is 3.84. The van der Waals surface area contributed by atoms with Crippen LogP contribution in [0.4, 0.5) is 0 Å². The fourth-order valence-corrected chi connectivity index (χ4v) is 5.32. The first kappa shape index (κ1) is 11.8. The van der Waals surface area contributed by atoms with Crippen molar-refractivity contribution in [3.63, 3.8) is 0 Å². The third-order valence-electron chi connectivity index (χ3n) is 6.21. The molecular weight excluding hydrogens is 204 g/mol. The predicted octanol–water partition coefficient (Wildman–Crippen LogP) is 5.20. The summed E-state index contributed by atoms with van der Waals surface area (Å²) in [7, 11) is 0. The van der Waals surface area contributed by atoms with Gasteiger partial charge in [-0.25, -0.2) is 0 Å². The lowest BCUT2D eigenvalue weighted by molar-refractivity contribution is 0.0442. The molecule has 0 spiro atoms. The van der Waals surface area contributed by atoms with Gasteiger partial charge in [0.05, 0.1) is 0 Å². The van der Waals surface area contributed by atoms with Gasteiger partial charge in [-0.2, -0.15) is 0 Å². The third kappa shape index (κ3) is 1.79. The molecule has 0 nitrogen and oxygen atoms in total. The van der Waals surface area contributed by atoms with Crippen LogP contribution in [0.1, 0.15) is 65.7 Å². The maximum atomic E-state index is 2.66. The van der Waals surface area contributed by atoms with Crippen LogP contribution < -0.4 is 0 Å². The molecule has 3 aliphatic rings. The minimum Gasteiger partial charge on any atom is -0.0842 e. The van der Waals surface area contributed by atoms with Crippen molar-refractivity contribution in [3.8, 4) is 0 Å². The van der Waals surface area contributed by atoms with Gasteiger partial charge < -0.3 is 0 Å². The Morgan fingerprint density at radius 3 is 2.82 bits per heavy atom. The van der Waals surface area contributed by atoms with Gasteiger partial charge >= 0.3 is 0 Å². The molecular formula is C17H28. The Kier molecular flexibility index (Phi) is 2.88. The number of fused-ring (bicyclic) bond motifs is 3. The molecule has 0 aromatic carbocycles. The van der Waals surface area contributed by atoms with Crippen LogP contribution in [0.3, 0.4) is 0 Å². The molecule has 0 amide bonds. The lowest BCUT2D eigenvalue weighted by Gasteiger charge is -2.54. The quantitative estimate of drug-likeness (QED) is 0.504. The van der Waals surface area contributed by atoms with E-state index in [9.17, 15) is 0 Å². The maximum Gasteiger partial charge on any atom is -0.00828 e. The molecule has 3 rings (SSSR count). The molecule has 0 heteroatoms. The number of allylic oxidation sites excluding steroid dienone is 2. The van der Waals surface area contributed by atoms with Crippen molar-refractivity contribution >= 4 is 0 Å². The summed E-state index contributed by atoms with van der Waals surface area (Å²) in [5.41, 5.74) is 2.47. The predicted molar refractivity (Wildman–Crippen MR) is 73.8 cm³/mol. The molecule has 5 atom stereocenters. The van der Waals surface area contributed by atoms with Crippen LogP contribution in [0.15, 0.2) is 11.6 Å². The molecule has 17 heavy (non-hydrogen) atoms.